The van der Waals surface area contributed by atoms with Gasteiger partial charge in [0.25, 0.3) is 5.91 Å². The second kappa shape index (κ2) is 6.02. The summed E-state index contributed by atoms with van der Waals surface area (Å²) < 4.78 is 0. The summed E-state index contributed by atoms with van der Waals surface area (Å²) in [7, 11) is 0. The Morgan fingerprint density at radius 3 is 2.61 bits per heavy atom. The second-order valence-corrected chi connectivity index (χ2v) is 3.92. The van der Waals surface area contributed by atoms with Crippen molar-refractivity contribution in [1.29, 1.82) is 0 Å². The van der Waals surface area contributed by atoms with Gasteiger partial charge in [-0.3, -0.25) is 4.79 Å². The van der Waals surface area contributed by atoms with E-state index < -0.39 is 18.0 Å². The highest BCUT2D eigenvalue weighted by atomic mass is 16.4. The van der Waals surface area contributed by atoms with Crippen LogP contribution in [0.5, 0.6) is 5.75 Å². The Balaban J connectivity index is 2.53. The summed E-state index contributed by atoms with van der Waals surface area (Å²) in [5.74, 6) is -1.97. The molecule has 0 aliphatic carbocycles. The van der Waals surface area contributed by atoms with E-state index in [0.717, 1.165) is 5.56 Å². The van der Waals surface area contributed by atoms with Crippen LogP contribution in [0.3, 0.4) is 0 Å². The van der Waals surface area contributed by atoms with Gasteiger partial charge in [0.2, 0.25) is 0 Å². The molecule has 6 nitrogen and oxygen atoms in total. The van der Waals surface area contributed by atoms with Gasteiger partial charge in [-0.15, -0.1) is 0 Å². The summed E-state index contributed by atoms with van der Waals surface area (Å²) in [6.45, 7) is 1.80. The Morgan fingerprint density at radius 1 is 1.39 bits per heavy atom. The van der Waals surface area contributed by atoms with Gasteiger partial charge < -0.3 is 20.6 Å². The van der Waals surface area contributed by atoms with Gasteiger partial charge >= 0.3 is 5.97 Å². The van der Waals surface area contributed by atoms with Crippen molar-refractivity contribution < 1.29 is 24.9 Å². The molecular weight excluding hydrogens is 238 g/mol. The standard InChI is InChI=1S/C12H15NO5/c1-7-2-3-8(10(15)6-7)11(16)13-5-4-9(14)12(17)18/h2-3,6,9,14-15H,4-5H2,1H3,(H,13,16)(H,17,18)/t9-/m0/s1. The second-order valence-electron chi connectivity index (χ2n) is 3.92. The average molecular weight is 253 g/mol. The topological polar surface area (TPSA) is 107 Å². The van der Waals surface area contributed by atoms with E-state index in [1.807, 2.05) is 0 Å². The number of benzene rings is 1. The number of aliphatic carboxylic acids is 1. The highest BCUT2D eigenvalue weighted by Gasteiger charge is 2.14. The molecule has 1 aromatic carbocycles. The summed E-state index contributed by atoms with van der Waals surface area (Å²) in [4.78, 5) is 22.0. The number of carbonyl (C=O) groups is 2. The molecule has 1 atom stereocenters. The Bertz CT molecular complexity index is 458. The molecule has 0 bridgehead atoms. The fraction of sp³-hybridized carbons (Fsp3) is 0.333. The van der Waals surface area contributed by atoms with Crippen molar-refractivity contribution >= 4 is 11.9 Å². The minimum Gasteiger partial charge on any atom is -0.507 e. The average Bonchev–Trinajstić information content (AvgIpc) is 2.28. The van der Waals surface area contributed by atoms with E-state index in [9.17, 15) is 14.7 Å². The van der Waals surface area contributed by atoms with Gasteiger partial charge in [0.05, 0.1) is 5.56 Å². The van der Waals surface area contributed by atoms with Crippen LogP contribution in [0, 0.1) is 6.92 Å². The first-order valence-electron chi connectivity index (χ1n) is 5.40. The highest BCUT2D eigenvalue weighted by molar-refractivity contribution is 5.96. The molecule has 0 radical (unpaired) electrons. The Morgan fingerprint density at radius 2 is 2.06 bits per heavy atom. The van der Waals surface area contributed by atoms with Gasteiger partial charge in [0.1, 0.15) is 5.75 Å². The molecule has 4 N–H and O–H groups in total. The molecule has 0 saturated heterocycles. The number of carbonyl (C=O) groups excluding carboxylic acids is 1. The summed E-state index contributed by atoms with van der Waals surface area (Å²) >= 11 is 0. The molecule has 0 spiro atoms. The van der Waals surface area contributed by atoms with Crippen molar-refractivity contribution in [2.24, 2.45) is 0 Å². The number of amides is 1. The zero-order valence-electron chi connectivity index (χ0n) is 9.88. The van der Waals surface area contributed by atoms with Crippen LogP contribution in [-0.4, -0.2) is 39.8 Å². The number of aryl methyl sites for hydroxylation is 1. The van der Waals surface area contributed by atoms with Crippen LogP contribution in [0.2, 0.25) is 0 Å². The first-order valence-corrected chi connectivity index (χ1v) is 5.40. The molecule has 0 saturated carbocycles. The minimum atomic E-state index is -1.50. The highest BCUT2D eigenvalue weighted by Crippen LogP contribution is 2.17. The van der Waals surface area contributed by atoms with Crippen molar-refractivity contribution in [3.8, 4) is 5.75 Å². The Hall–Kier alpha value is -2.08. The van der Waals surface area contributed by atoms with Crippen LogP contribution in [0.15, 0.2) is 18.2 Å². The molecule has 0 aliphatic rings. The quantitative estimate of drug-likeness (QED) is 0.602. The Kier molecular flexibility index (Phi) is 4.67. The summed E-state index contributed by atoms with van der Waals surface area (Å²) in [6.07, 6.45) is -1.59. The molecule has 1 aromatic rings. The smallest absolute Gasteiger partial charge is 0.332 e. The van der Waals surface area contributed by atoms with Crippen molar-refractivity contribution in [2.75, 3.05) is 6.54 Å². The number of phenolic OH excluding ortho intramolecular Hbond substituents is 1. The summed E-state index contributed by atoms with van der Waals surface area (Å²) in [5.41, 5.74) is 0.941. The zero-order chi connectivity index (χ0) is 13.7. The first-order chi connectivity index (χ1) is 8.41. The van der Waals surface area contributed by atoms with E-state index in [-0.39, 0.29) is 24.3 Å². The van der Waals surface area contributed by atoms with Crippen LogP contribution < -0.4 is 5.32 Å². The number of hydrogen-bond acceptors (Lipinski definition) is 4. The van der Waals surface area contributed by atoms with Crippen molar-refractivity contribution in [3.63, 3.8) is 0 Å². The maximum Gasteiger partial charge on any atom is 0.332 e. The fourth-order valence-electron chi connectivity index (χ4n) is 1.37. The number of aliphatic hydroxyl groups excluding tert-OH is 1. The third kappa shape index (κ3) is 3.74. The van der Waals surface area contributed by atoms with Crippen molar-refractivity contribution in [3.05, 3.63) is 29.3 Å². The van der Waals surface area contributed by atoms with Gasteiger partial charge in [-0.05, 0) is 24.6 Å². The molecule has 0 aliphatic heterocycles. The number of hydrogen-bond donors (Lipinski definition) is 4. The van der Waals surface area contributed by atoms with E-state index in [1.165, 1.54) is 12.1 Å². The van der Waals surface area contributed by atoms with Gasteiger partial charge in [-0.1, -0.05) is 6.07 Å². The minimum absolute atomic E-state index is 0.0135. The van der Waals surface area contributed by atoms with E-state index in [0.29, 0.717) is 0 Å². The number of aliphatic hydroxyl groups is 1. The normalized spacial score (nSPS) is 11.9. The first kappa shape index (κ1) is 14.0. The molecule has 18 heavy (non-hydrogen) atoms. The van der Waals surface area contributed by atoms with Crippen LogP contribution >= 0.6 is 0 Å². The fourth-order valence-corrected chi connectivity index (χ4v) is 1.37. The lowest BCUT2D eigenvalue weighted by Gasteiger charge is -2.08. The zero-order valence-corrected chi connectivity index (χ0v) is 9.88. The molecule has 0 aromatic heterocycles. The van der Waals surface area contributed by atoms with Gasteiger partial charge in [0, 0.05) is 13.0 Å². The van der Waals surface area contributed by atoms with E-state index in [1.54, 1.807) is 13.0 Å². The van der Waals surface area contributed by atoms with Crippen LogP contribution in [0.25, 0.3) is 0 Å². The molecule has 0 heterocycles. The van der Waals surface area contributed by atoms with Crippen molar-refractivity contribution in [2.45, 2.75) is 19.4 Å². The lowest BCUT2D eigenvalue weighted by Crippen LogP contribution is -2.30. The van der Waals surface area contributed by atoms with Gasteiger partial charge in [-0.25, -0.2) is 4.79 Å². The lowest BCUT2D eigenvalue weighted by atomic mass is 10.1. The molecular formula is C12H15NO5. The third-order valence-corrected chi connectivity index (χ3v) is 2.39. The van der Waals surface area contributed by atoms with Crippen LogP contribution in [0.4, 0.5) is 0 Å². The maximum atomic E-state index is 11.6. The number of phenols is 1. The monoisotopic (exact) mass is 253 g/mol. The molecule has 98 valence electrons. The van der Waals surface area contributed by atoms with Crippen molar-refractivity contribution in [1.82, 2.24) is 5.32 Å². The molecule has 0 unspecified atom stereocenters. The lowest BCUT2D eigenvalue weighted by molar-refractivity contribution is -0.146. The third-order valence-electron chi connectivity index (χ3n) is 2.39. The van der Waals surface area contributed by atoms with Crippen LogP contribution in [0.1, 0.15) is 22.3 Å². The van der Waals surface area contributed by atoms with Gasteiger partial charge in [-0.2, -0.15) is 0 Å². The molecule has 1 amide bonds. The number of aromatic hydroxyl groups is 1. The molecule has 0 fully saturated rings. The predicted octanol–water partition coefficient (Wildman–Crippen LogP) is 0.266. The van der Waals surface area contributed by atoms with E-state index in [4.69, 9.17) is 10.2 Å². The molecule has 6 heteroatoms. The maximum absolute atomic E-state index is 11.6. The number of rotatable bonds is 5. The van der Waals surface area contributed by atoms with Gasteiger partial charge in [0.15, 0.2) is 6.10 Å². The van der Waals surface area contributed by atoms with E-state index >= 15 is 0 Å². The predicted molar refractivity (Wildman–Crippen MR) is 63.4 cm³/mol. The molecule has 1 rings (SSSR count). The Labute approximate surface area is 104 Å². The largest absolute Gasteiger partial charge is 0.507 e. The summed E-state index contributed by atoms with van der Waals surface area (Å²) in [5, 5.41) is 29.4. The number of carboxylic acid groups (broad SMARTS) is 1. The van der Waals surface area contributed by atoms with E-state index in [2.05, 4.69) is 5.32 Å². The number of nitrogens with one attached hydrogen (secondary N) is 1. The SMILES string of the molecule is Cc1ccc(C(=O)NCC[C@H](O)C(=O)O)c(O)c1. The number of carboxylic acids is 1. The van der Waals surface area contributed by atoms with Crippen LogP contribution in [-0.2, 0) is 4.79 Å². The summed E-state index contributed by atoms with van der Waals surface area (Å²) in [6, 6.07) is 4.62.